The molecule has 0 aliphatic carbocycles. The molecule has 0 saturated carbocycles. The molecule has 1 saturated heterocycles. The Balaban J connectivity index is 1.79. The molecule has 1 aliphatic rings. The Labute approximate surface area is 154 Å². The van der Waals surface area contributed by atoms with E-state index in [0.29, 0.717) is 24.8 Å². The second-order valence-corrected chi connectivity index (χ2v) is 6.53. The minimum absolute atomic E-state index is 0.0207. The van der Waals surface area contributed by atoms with Crippen LogP contribution in [0, 0.1) is 13.8 Å². The zero-order chi connectivity index (χ0) is 18.5. The Morgan fingerprint density at radius 3 is 2.35 bits per heavy atom. The SMILES string of the molecule is CC[C@H](C(=O)Nc1c(C)nc(N2CCOCC2)nc1C)c1ccccc1. The Morgan fingerprint density at radius 1 is 1.15 bits per heavy atom. The number of aryl methyl sites for hydroxylation is 2. The van der Waals surface area contributed by atoms with E-state index >= 15 is 0 Å². The van der Waals surface area contributed by atoms with Crippen molar-refractivity contribution in [2.24, 2.45) is 0 Å². The number of nitrogens with zero attached hydrogens (tertiary/aromatic N) is 3. The maximum absolute atomic E-state index is 12.8. The van der Waals surface area contributed by atoms with E-state index in [-0.39, 0.29) is 11.8 Å². The summed E-state index contributed by atoms with van der Waals surface area (Å²) in [6, 6.07) is 9.86. The van der Waals surface area contributed by atoms with Gasteiger partial charge in [-0.1, -0.05) is 37.3 Å². The van der Waals surface area contributed by atoms with E-state index in [2.05, 4.69) is 20.2 Å². The zero-order valence-electron chi connectivity index (χ0n) is 15.7. The number of carbonyl (C=O) groups is 1. The first-order chi connectivity index (χ1) is 12.6. The second kappa shape index (κ2) is 8.27. The van der Waals surface area contributed by atoms with Crippen LogP contribution in [0.5, 0.6) is 0 Å². The molecular formula is C20H26N4O2. The molecular weight excluding hydrogens is 328 g/mol. The fraction of sp³-hybridized carbons (Fsp3) is 0.450. The molecule has 1 aromatic carbocycles. The molecule has 1 N–H and O–H groups in total. The van der Waals surface area contributed by atoms with E-state index in [9.17, 15) is 4.79 Å². The van der Waals surface area contributed by atoms with Crippen molar-refractivity contribution in [2.75, 3.05) is 36.5 Å². The third-order valence-electron chi connectivity index (χ3n) is 4.73. The maximum atomic E-state index is 12.8. The lowest BCUT2D eigenvalue weighted by atomic mass is 9.95. The van der Waals surface area contributed by atoms with Gasteiger partial charge in [-0.25, -0.2) is 9.97 Å². The predicted molar refractivity (Wildman–Crippen MR) is 103 cm³/mol. The Hall–Kier alpha value is -2.47. The van der Waals surface area contributed by atoms with Crippen LogP contribution < -0.4 is 10.2 Å². The number of aromatic nitrogens is 2. The number of rotatable bonds is 5. The lowest BCUT2D eigenvalue weighted by Crippen LogP contribution is -2.37. The van der Waals surface area contributed by atoms with E-state index in [4.69, 9.17) is 4.74 Å². The van der Waals surface area contributed by atoms with Gasteiger partial charge in [-0.05, 0) is 25.8 Å². The zero-order valence-corrected chi connectivity index (χ0v) is 15.7. The average Bonchev–Trinajstić information content (AvgIpc) is 2.66. The third kappa shape index (κ3) is 4.02. The van der Waals surface area contributed by atoms with Gasteiger partial charge in [0.25, 0.3) is 0 Å². The fourth-order valence-corrected chi connectivity index (χ4v) is 3.25. The molecule has 1 aromatic heterocycles. The van der Waals surface area contributed by atoms with E-state index in [1.165, 1.54) is 0 Å². The predicted octanol–water partition coefficient (Wildman–Crippen LogP) is 3.06. The summed E-state index contributed by atoms with van der Waals surface area (Å²) >= 11 is 0. The third-order valence-corrected chi connectivity index (χ3v) is 4.73. The van der Waals surface area contributed by atoms with Crippen LogP contribution in [0.1, 0.15) is 36.2 Å². The van der Waals surface area contributed by atoms with Gasteiger partial charge in [0.15, 0.2) is 0 Å². The van der Waals surface area contributed by atoms with Crippen LogP contribution in [0.15, 0.2) is 30.3 Å². The molecule has 2 aromatic rings. The van der Waals surface area contributed by atoms with Crippen molar-refractivity contribution in [3.63, 3.8) is 0 Å². The number of carbonyl (C=O) groups excluding carboxylic acids is 1. The number of nitrogens with one attached hydrogen (secondary N) is 1. The van der Waals surface area contributed by atoms with Crippen LogP contribution >= 0.6 is 0 Å². The highest BCUT2D eigenvalue weighted by Crippen LogP contribution is 2.25. The number of hydrogen-bond donors (Lipinski definition) is 1. The van der Waals surface area contributed by atoms with Gasteiger partial charge in [-0.3, -0.25) is 4.79 Å². The first-order valence-electron chi connectivity index (χ1n) is 9.14. The molecule has 0 bridgehead atoms. The summed E-state index contributed by atoms with van der Waals surface area (Å²) in [6.45, 7) is 8.81. The summed E-state index contributed by atoms with van der Waals surface area (Å²) in [5.74, 6) is 0.498. The van der Waals surface area contributed by atoms with Crippen LogP contribution in [-0.4, -0.2) is 42.2 Å². The smallest absolute Gasteiger partial charge is 0.232 e. The molecule has 6 heteroatoms. The molecule has 1 amide bonds. The van der Waals surface area contributed by atoms with Crippen molar-refractivity contribution in [2.45, 2.75) is 33.1 Å². The van der Waals surface area contributed by atoms with Gasteiger partial charge in [0.05, 0.1) is 36.2 Å². The number of anilines is 2. The molecule has 0 unspecified atom stereocenters. The number of ether oxygens (including phenoxy) is 1. The Bertz CT molecular complexity index is 735. The minimum Gasteiger partial charge on any atom is -0.378 e. The molecule has 1 aliphatic heterocycles. The molecule has 0 radical (unpaired) electrons. The van der Waals surface area contributed by atoms with E-state index < -0.39 is 0 Å². The number of amides is 1. The quantitative estimate of drug-likeness (QED) is 0.894. The maximum Gasteiger partial charge on any atom is 0.232 e. The second-order valence-electron chi connectivity index (χ2n) is 6.53. The fourth-order valence-electron chi connectivity index (χ4n) is 3.25. The number of benzene rings is 1. The van der Waals surface area contributed by atoms with Crippen molar-refractivity contribution in [1.82, 2.24) is 9.97 Å². The normalized spacial score (nSPS) is 15.6. The molecule has 6 nitrogen and oxygen atoms in total. The summed E-state index contributed by atoms with van der Waals surface area (Å²) in [5, 5.41) is 3.05. The van der Waals surface area contributed by atoms with Crippen molar-refractivity contribution >= 4 is 17.5 Å². The molecule has 2 heterocycles. The minimum atomic E-state index is -0.186. The van der Waals surface area contributed by atoms with Gasteiger partial charge in [0.2, 0.25) is 11.9 Å². The van der Waals surface area contributed by atoms with Gasteiger partial charge in [-0.15, -0.1) is 0 Å². The van der Waals surface area contributed by atoms with Gasteiger partial charge in [-0.2, -0.15) is 0 Å². The van der Waals surface area contributed by atoms with E-state index in [1.807, 2.05) is 51.1 Å². The average molecular weight is 354 g/mol. The lowest BCUT2D eigenvalue weighted by Gasteiger charge is -2.27. The molecule has 138 valence electrons. The largest absolute Gasteiger partial charge is 0.378 e. The summed E-state index contributed by atoms with van der Waals surface area (Å²) in [6.07, 6.45) is 0.737. The Morgan fingerprint density at radius 2 is 1.77 bits per heavy atom. The molecule has 3 rings (SSSR count). The lowest BCUT2D eigenvalue weighted by molar-refractivity contribution is -0.117. The highest BCUT2D eigenvalue weighted by molar-refractivity contribution is 5.96. The van der Waals surface area contributed by atoms with Gasteiger partial charge >= 0.3 is 0 Å². The standard InChI is InChI=1S/C20H26N4O2/c1-4-17(16-8-6-5-7-9-16)19(25)23-18-14(2)21-20(22-15(18)3)24-10-12-26-13-11-24/h5-9,17H,4,10-13H2,1-3H3,(H,23,25)/t17-/m0/s1. The number of morpholine rings is 1. The molecule has 0 spiro atoms. The van der Waals surface area contributed by atoms with Crippen LogP contribution in [0.25, 0.3) is 0 Å². The van der Waals surface area contributed by atoms with Crippen LogP contribution in [0.4, 0.5) is 11.6 Å². The first kappa shape index (κ1) is 18.3. The molecule has 26 heavy (non-hydrogen) atoms. The summed E-state index contributed by atoms with van der Waals surface area (Å²) in [4.78, 5) is 24.2. The molecule has 1 atom stereocenters. The van der Waals surface area contributed by atoms with Crippen LogP contribution in [-0.2, 0) is 9.53 Å². The Kier molecular flexibility index (Phi) is 5.83. The number of hydrogen-bond acceptors (Lipinski definition) is 5. The van der Waals surface area contributed by atoms with Crippen molar-refractivity contribution < 1.29 is 9.53 Å². The molecule has 1 fully saturated rings. The monoisotopic (exact) mass is 354 g/mol. The highest BCUT2D eigenvalue weighted by atomic mass is 16.5. The first-order valence-corrected chi connectivity index (χ1v) is 9.14. The van der Waals surface area contributed by atoms with Crippen molar-refractivity contribution in [1.29, 1.82) is 0 Å². The van der Waals surface area contributed by atoms with Gasteiger partial charge in [0.1, 0.15) is 0 Å². The summed E-state index contributed by atoms with van der Waals surface area (Å²) in [7, 11) is 0. The van der Waals surface area contributed by atoms with Crippen molar-refractivity contribution in [3.8, 4) is 0 Å². The van der Waals surface area contributed by atoms with E-state index in [0.717, 1.165) is 36.5 Å². The summed E-state index contributed by atoms with van der Waals surface area (Å²) < 4.78 is 5.38. The van der Waals surface area contributed by atoms with E-state index in [1.54, 1.807) is 0 Å². The van der Waals surface area contributed by atoms with Crippen LogP contribution in [0.3, 0.4) is 0 Å². The van der Waals surface area contributed by atoms with Crippen LogP contribution in [0.2, 0.25) is 0 Å². The van der Waals surface area contributed by atoms with Crippen molar-refractivity contribution in [3.05, 3.63) is 47.3 Å². The highest BCUT2D eigenvalue weighted by Gasteiger charge is 2.22. The van der Waals surface area contributed by atoms with Gasteiger partial charge < -0.3 is 15.0 Å². The van der Waals surface area contributed by atoms with Gasteiger partial charge in [0, 0.05) is 13.1 Å². The topological polar surface area (TPSA) is 67.4 Å². The summed E-state index contributed by atoms with van der Waals surface area (Å²) in [5.41, 5.74) is 3.31.